The molecule has 0 fully saturated rings. The van der Waals surface area contributed by atoms with Gasteiger partial charge in [-0.25, -0.2) is 0 Å². The first-order valence-corrected chi connectivity index (χ1v) is 3.08. The van der Waals surface area contributed by atoms with E-state index in [0.717, 1.165) is 5.56 Å². The highest BCUT2D eigenvalue weighted by Crippen LogP contribution is 2.04. The molecule has 0 N–H and O–H groups in total. The summed E-state index contributed by atoms with van der Waals surface area (Å²) < 4.78 is 0. The van der Waals surface area contributed by atoms with E-state index in [1.807, 2.05) is 12.1 Å². The van der Waals surface area contributed by atoms with Crippen LogP contribution in [0.5, 0.6) is 0 Å². The molecule has 0 aliphatic heterocycles. The molecule has 3 nitrogen and oxygen atoms in total. The van der Waals surface area contributed by atoms with Crippen LogP contribution in [0.2, 0.25) is 0 Å². The third kappa shape index (κ3) is 1.53. The molecule has 0 bridgehead atoms. The summed E-state index contributed by atoms with van der Waals surface area (Å²) in [6, 6.07) is 5.63. The zero-order chi connectivity index (χ0) is 8.10. The Bertz CT molecular complexity index is 330. The normalized spacial score (nSPS) is 8.18. The van der Waals surface area contributed by atoms with E-state index >= 15 is 0 Å². The molecule has 0 unspecified atom stereocenters. The van der Waals surface area contributed by atoms with Crippen LogP contribution in [-0.2, 0) is 6.42 Å². The second kappa shape index (κ2) is 3.34. The van der Waals surface area contributed by atoms with E-state index < -0.39 is 0 Å². The number of hydrogen-bond donors (Lipinski definition) is 0. The molecule has 52 valence electrons. The molecular formula is C8H5N3. The van der Waals surface area contributed by atoms with Crippen molar-refractivity contribution in [2.75, 3.05) is 0 Å². The van der Waals surface area contributed by atoms with Crippen LogP contribution >= 0.6 is 0 Å². The Hall–Kier alpha value is -1.87. The number of rotatable bonds is 1. The summed E-state index contributed by atoms with van der Waals surface area (Å²) in [6.07, 6.45) is 3.31. The predicted octanol–water partition coefficient (Wildman–Crippen LogP) is 1.02. The van der Waals surface area contributed by atoms with Gasteiger partial charge in [0.2, 0.25) is 0 Å². The highest BCUT2D eigenvalue weighted by atomic mass is 14.6. The van der Waals surface area contributed by atoms with Crippen LogP contribution in [0.1, 0.15) is 11.1 Å². The fourth-order valence-electron chi connectivity index (χ4n) is 0.763. The standard InChI is InChI=1S/C8H5N3/c9-3-1-7-2-4-11-6-8(7)5-10/h2,4,6H,1H2. The molecule has 0 aliphatic carbocycles. The zero-order valence-electron chi connectivity index (χ0n) is 5.78. The van der Waals surface area contributed by atoms with E-state index in [0.29, 0.717) is 5.56 Å². The Morgan fingerprint density at radius 3 is 2.91 bits per heavy atom. The lowest BCUT2D eigenvalue weighted by Crippen LogP contribution is -1.88. The fraction of sp³-hybridized carbons (Fsp3) is 0.125. The Kier molecular flexibility index (Phi) is 2.20. The number of nitrogens with zero attached hydrogens (tertiary/aromatic N) is 3. The maximum absolute atomic E-state index is 8.55. The van der Waals surface area contributed by atoms with Crippen LogP contribution < -0.4 is 0 Å². The van der Waals surface area contributed by atoms with Gasteiger partial charge in [-0.15, -0.1) is 0 Å². The summed E-state index contributed by atoms with van der Waals surface area (Å²) in [5.41, 5.74) is 1.22. The molecule has 0 spiro atoms. The molecule has 1 heterocycles. The molecule has 0 saturated heterocycles. The van der Waals surface area contributed by atoms with E-state index in [1.165, 1.54) is 6.20 Å². The molecule has 0 aromatic carbocycles. The van der Waals surface area contributed by atoms with Crippen LogP contribution in [0, 0.1) is 22.7 Å². The first-order chi connectivity index (χ1) is 5.38. The number of pyridine rings is 1. The van der Waals surface area contributed by atoms with E-state index in [9.17, 15) is 0 Å². The first-order valence-electron chi connectivity index (χ1n) is 3.08. The van der Waals surface area contributed by atoms with E-state index in [4.69, 9.17) is 10.5 Å². The second-order valence-electron chi connectivity index (χ2n) is 1.98. The van der Waals surface area contributed by atoms with Crippen LogP contribution in [0.25, 0.3) is 0 Å². The minimum absolute atomic E-state index is 0.269. The van der Waals surface area contributed by atoms with Crippen molar-refractivity contribution in [3.63, 3.8) is 0 Å². The number of aromatic nitrogens is 1. The molecule has 1 rings (SSSR count). The quantitative estimate of drug-likeness (QED) is 0.589. The third-order valence-corrected chi connectivity index (χ3v) is 1.30. The first kappa shape index (κ1) is 7.24. The van der Waals surface area contributed by atoms with Crippen molar-refractivity contribution in [3.05, 3.63) is 29.6 Å². The fourth-order valence-corrected chi connectivity index (χ4v) is 0.763. The molecule has 11 heavy (non-hydrogen) atoms. The topological polar surface area (TPSA) is 60.5 Å². The summed E-state index contributed by atoms with van der Waals surface area (Å²) in [6.45, 7) is 0. The molecule has 0 radical (unpaired) electrons. The van der Waals surface area contributed by atoms with Crippen molar-refractivity contribution in [3.8, 4) is 12.1 Å². The van der Waals surface area contributed by atoms with Gasteiger partial charge in [-0.2, -0.15) is 10.5 Å². The maximum Gasteiger partial charge on any atom is 0.101 e. The van der Waals surface area contributed by atoms with E-state index in [-0.39, 0.29) is 6.42 Å². The zero-order valence-corrected chi connectivity index (χ0v) is 5.78. The van der Waals surface area contributed by atoms with Crippen LogP contribution in [0.4, 0.5) is 0 Å². The van der Waals surface area contributed by atoms with Gasteiger partial charge in [0.05, 0.1) is 18.1 Å². The van der Waals surface area contributed by atoms with Crippen molar-refractivity contribution in [2.45, 2.75) is 6.42 Å². The Morgan fingerprint density at radius 1 is 1.45 bits per heavy atom. The van der Waals surface area contributed by atoms with Gasteiger partial charge < -0.3 is 0 Å². The van der Waals surface area contributed by atoms with Crippen molar-refractivity contribution < 1.29 is 0 Å². The van der Waals surface area contributed by atoms with Gasteiger partial charge >= 0.3 is 0 Å². The molecule has 1 aromatic rings. The highest BCUT2D eigenvalue weighted by Gasteiger charge is 1.98. The predicted molar refractivity (Wildman–Crippen MR) is 38.3 cm³/mol. The Labute approximate surface area is 64.5 Å². The summed E-state index contributed by atoms with van der Waals surface area (Å²) in [5, 5.41) is 16.9. The van der Waals surface area contributed by atoms with Crippen LogP contribution in [-0.4, -0.2) is 4.98 Å². The van der Waals surface area contributed by atoms with Gasteiger partial charge in [0, 0.05) is 12.4 Å². The van der Waals surface area contributed by atoms with Crippen molar-refractivity contribution in [2.24, 2.45) is 0 Å². The Morgan fingerprint density at radius 2 is 2.27 bits per heavy atom. The van der Waals surface area contributed by atoms with Crippen LogP contribution in [0.15, 0.2) is 18.5 Å². The minimum atomic E-state index is 0.269. The number of nitriles is 2. The maximum atomic E-state index is 8.55. The molecule has 3 heteroatoms. The molecular weight excluding hydrogens is 138 g/mol. The van der Waals surface area contributed by atoms with Gasteiger partial charge in [0.1, 0.15) is 6.07 Å². The number of hydrogen-bond acceptors (Lipinski definition) is 3. The summed E-state index contributed by atoms with van der Waals surface area (Å²) in [4.78, 5) is 3.77. The van der Waals surface area contributed by atoms with Crippen molar-refractivity contribution in [1.29, 1.82) is 10.5 Å². The third-order valence-electron chi connectivity index (χ3n) is 1.30. The molecule has 1 aromatic heterocycles. The van der Waals surface area contributed by atoms with E-state index in [1.54, 1.807) is 12.3 Å². The molecule has 0 atom stereocenters. The minimum Gasteiger partial charge on any atom is -0.263 e. The second-order valence-corrected chi connectivity index (χ2v) is 1.98. The van der Waals surface area contributed by atoms with Gasteiger partial charge in [0.25, 0.3) is 0 Å². The molecule has 0 amide bonds. The smallest absolute Gasteiger partial charge is 0.101 e. The average molecular weight is 143 g/mol. The van der Waals surface area contributed by atoms with Crippen molar-refractivity contribution in [1.82, 2.24) is 4.98 Å². The lowest BCUT2D eigenvalue weighted by atomic mass is 10.1. The van der Waals surface area contributed by atoms with Crippen molar-refractivity contribution >= 4 is 0 Å². The van der Waals surface area contributed by atoms with Gasteiger partial charge in [0.15, 0.2) is 0 Å². The molecule has 0 aliphatic rings. The van der Waals surface area contributed by atoms with Crippen LogP contribution in [0.3, 0.4) is 0 Å². The van der Waals surface area contributed by atoms with Gasteiger partial charge in [-0.3, -0.25) is 4.98 Å². The SMILES string of the molecule is N#CCc1ccncc1C#N. The largest absolute Gasteiger partial charge is 0.263 e. The lowest BCUT2D eigenvalue weighted by molar-refractivity contribution is 1.19. The summed E-state index contributed by atoms with van der Waals surface area (Å²) in [7, 11) is 0. The monoisotopic (exact) mass is 143 g/mol. The Balaban J connectivity index is 3.07. The van der Waals surface area contributed by atoms with E-state index in [2.05, 4.69) is 4.98 Å². The molecule has 0 saturated carbocycles. The average Bonchev–Trinajstić information content (AvgIpc) is 2.06. The van der Waals surface area contributed by atoms with Gasteiger partial charge in [-0.05, 0) is 11.6 Å². The summed E-state index contributed by atoms with van der Waals surface area (Å²) in [5.74, 6) is 0. The van der Waals surface area contributed by atoms with Gasteiger partial charge in [-0.1, -0.05) is 0 Å². The lowest BCUT2D eigenvalue weighted by Gasteiger charge is -1.93. The highest BCUT2D eigenvalue weighted by molar-refractivity contribution is 5.35. The summed E-state index contributed by atoms with van der Waals surface area (Å²) >= 11 is 0.